The highest BCUT2D eigenvalue weighted by molar-refractivity contribution is 7.18. The fourth-order valence-corrected chi connectivity index (χ4v) is 3.98. The number of nitrogens with zero attached hydrogens (tertiary/aromatic N) is 3. The Labute approximate surface area is 198 Å². The molecule has 5 N–H and O–H groups in total. The molecule has 0 saturated carbocycles. The Morgan fingerprint density at radius 1 is 1.12 bits per heavy atom. The molecule has 1 aromatic carbocycles. The van der Waals surface area contributed by atoms with Crippen LogP contribution in [0.2, 0.25) is 0 Å². The molecule has 9 nitrogen and oxygen atoms in total. The van der Waals surface area contributed by atoms with Gasteiger partial charge in [-0.05, 0) is 39.3 Å². The number of amides is 2. The number of aliphatic hydroxyl groups is 1. The zero-order chi connectivity index (χ0) is 23.8. The van der Waals surface area contributed by atoms with Crippen molar-refractivity contribution in [3.63, 3.8) is 0 Å². The molecule has 2 aromatic heterocycles. The molecule has 0 unspecified atom stereocenters. The van der Waals surface area contributed by atoms with Crippen LogP contribution in [0, 0.1) is 0 Å². The largest absolute Gasteiger partial charge is 0.392 e. The van der Waals surface area contributed by atoms with E-state index in [4.69, 9.17) is 0 Å². The fraction of sp³-hybridized carbons (Fsp3) is 0.391. The van der Waals surface area contributed by atoms with Crippen molar-refractivity contribution in [2.75, 3.05) is 23.7 Å². The van der Waals surface area contributed by atoms with Crippen molar-refractivity contribution >= 4 is 28.4 Å². The lowest BCUT2D eigenvalue weighted by Crippen LogP contribution is -2.34. The topological polar surface area (TPSA) is 124 Å². The molecule has 0 aliphatic carbocycles. The molecule has 33 heavy (non-hydrogen) atoms. The van der Waals surface area contributed by atoms with Crippen LogP contribution in [0.1, 0.15) is 33.3 Å². The Hall–Kier alpha value is -3.24. The van der Waals surface area contributed by atoms with E-state index in [1.165, 1.54) is 11.3 Å². The van der Waals surface area contributed by atoms with E-state index >= 15 is 0 Å². The third-order valence-corrected chi connectivity index (χ3v) is 5.47. The number of hydrogen-bond acceptors (Lipinski definition) is 8. The molecular formula is C23H31N7O2S. The number of carbonyl (C=O) groups is 1. The van der Waals surface area contributed by atoms with Crippen molar-refractivity contribution in [1.29, 1.82) is 0 Å². The average Bonchev–Trinajstić information content (AvgIpc) is 3.24. The average molecular weight is 470 g/mol. The molecule has 176 valence electrons. The number of aromatic nitrogens is 3. The summed E-state index contributed by atoms with van der Waals surface area (Å²) in [6.45, 7) is 8.95. The number of rotatable bonds is 10. The van der Waals surface area contributed by atoms with E-state index < -0.39 is 6.10 Å². The minimum atomic E-state index is -0.542. The van der Waals surface area contributed by atoms with Crippen molar-refractivity contribution < 1.29 is 9.90 Å². The summed E-state index contributed by atoms with van der Waals surface area (Å²) in [6, 6.07) is 9.78. The van der Waals surface area contributed by atoms with Crippen LogP contribution in [-0.4, -0.2) is 51.3 Å². The maximum atomic E-state index is 11.9. The van der Waals surface area contributed by atoms with Gasteiger partial charge in [0.1, 0.15) is 0 Å². The van der Waals surface area contributed by atoms with Gasteiger partial charge in [0.15, 0.2) is 5.13 Å². The summed E-state index contributed by atoms with van der Waals surface area (Å²) in [5.41, 5.74) is 3.27. The number of thiazole rings is 1. The second kappa shape index (κ2) is 11.6. The van der Waals surface area contributed by atoms with Crippen molar-refractivity contribution in [3.8, 4) is 21.8 Å². The summed E-state index contributed by atoms with van der Waals surface area (Å²) in [7, 11) is 0. The minimum absolute atomic E-state index is 0.218. The van der Waals surface area contributed by atoms with Gasteiger partial charge in [-0.25, -0.2) is 19.7 Å². The molecule has 0 aliphatic heterocycles. The van der Waals surface area contributed by atoms with Gasteiger partial charge < -0.3 is 26.4 Å². The van der Waals surface area contributed by atoms with Crippen LogP contribution in [0.25, 0.3) is 21.8 Å². The molecule has 0 spiro atoms. The van der Waals surface area contributed by atoms with Crippen molar-refractivity contribution in [2.45, 2.75) is 46.4 Å². The maximum absolute atomic E-state index is 11.9. The summed E-state index contributed by atoms with van der Waals surface area (Å²) in [4.78, 5) is 26.6. The highest BCUT2D eigenvalue weighted by atomic mass is 32.1. The Balaban J connectivity index is 1.97. The molecule has 0 aliphatic rings. The van der Waals surface area contributed by atoms with Gasteiger partial charge in [-0.1, -0.05) is 35.6 Å². The predicted octanol–water partition coefficient (Wildman–Crippen LogP) is 3.70. The molecule has 0 saturated heterocycles. The molecule has 3 rings (SSSR count). The number of aliphatic hydroxyl groups excluding tert-OH is 1. The Morgan fingerprint density at radius 3 is 2.61 bits per heavy atom. The summed E-state index contributed by atoms with van der Waals surface area (Å²) in [5.74, 6) is 0.418. The van der Waals surface area contributed by atoms with E-state index in [2.05, 4.69) is 50.1 Å². The molecular weight excluding hydrogens is 438 g/mol. The summed E-state index contributed by atoms with van der Waals surface area (Å²) in [5, 5.41) is 22.6. The number of anilines is 2. The van der Waals surface area contributed by atoms with Gasteiger partial charge in [0.25, 0.3) is 0 Å². The quantitative estimate of drug-likeness (QED) is 0.307. The van der Waals surface area contributed by atoms with Crippen LogP contribution in [0.4, 0.5) is 15.9 Å². The lowest BCUT2D eigenvalue weighted by Gasteiger charge is -2.14. The fourth-order valence-electron chi connectivity index (χ4n) is 3.06. The number of benzene rings is 1. The van der Waals surface area contributed by atoms with Crippen LogP contribution >= 0.6 is 11.3 Å². The molecule has 10 heteroatoms. The molecule has 0 bridgehead atoms. The van der Waals surface area contributed by atoms with E-state index in [1.807, 2.05) is 37.3 Å². The first-order chi connectivity index (χ1) is 15.9. The normalized spacial score (nSPS) is 11.8. The van der Waals surface area contributed by atoms with Crippen LogP contribution in [0.3, 0.4) is 0 Å². The third-order valence-electron chi connectivity index (χ3n) is 4.52. The van der Waals surface area contributed by atoms with Crippen LogP contribution < -0.4 is 21.3 Å². The van der Waals surface area contributed by atoms with Crippen molar-refractivity contribution in [2.24, 2.45) is 0 Å². The van der Waals surface area contributed by atoms with Crippen molar-refractivity contribution in [3.05, 3.63) is 42.1 Å². The van der Waals surface area contributed by atoms with Crippen LogP contribution in [0.5, 0.6) is 0 Å². The molecule has 2 amide bonds. The number of carbonyl (C=O) groups excluding carboxylic acids is 1. The van der Waals surface area contributed by atoms with Gasteiger partial charge in [0.2, 0.25) is 5.95 Å². The van der Waals surface area contributed by atoms with E-state index in [1.54, 1.807) is 13.1 Å². The third kappa shape index (κ3) is 7.13. The molecule has 0 radical (unpaired) electrons. The maximum Gasteiger partial charge on any atom is 0.315 e. The number of urea groups is 1. The second-order valence-electron chi connectivity index (χ2n) is 7.89. The van der Waals surface area contributed by atoms with Gasteiger partial charge in [-0.3, -0.25) is 0 Å². The number of hydrogen-bond donors (Lipinski definition) is 5. The van der Waals surface area contributed by atoms with E-state index in [9.17, 15) is 9.90 Å². The molecule has 0 fully saturated rings. The lowest BCUT2D eigenvalue weighted by molar-refractivity contribution is 0.208. The summed E-state index contributed by atoms with van der Waals surface area (Å²) >= 11 is 1.52. The van der Waals surface area contributed by atoms with Gasteiger partial charge >= 0.3 is 6.03 Å². The van der Waals surface area contributed by atoms with Crippen molar-refractivity contribution in [1.82, 2.24) is 25.6 Å². The number of nitrogens with one attached hydrogen (secondary N) is 4. The highest BCUT2D eigenvalue weighted by Gasteiger charge is 2.14. The Morgan fingerprint density at radius 2 is 1.88 bits per heavy atom. The van der Waals surface area contributed by atoms with Gasteiger partial charge in [0.05, 0.1) is 22.4 Å². The van der Waals surface area contributed by atoms with Gasteiger partial charge in [-0.15, -0.1) is 0 Å². The second-order valence-corrected chi connectivity index (χ2v) is 8.92. The smallest absolute Gasteiger partial charge is 0.315 e. The van der Waals surface area contributed by atoms with Gasteiger partial charge in [0, 0.05) is 37.4 Å². The zero-order valence-corrected chi connectivity index (χ0v) is 20.2. The van der Waals surface area contributed by atoms with Gasteiger partial charge in [-0.2, -0.15) is 0 Å². The minimum Gasteiger partial charge on any atom is -0.392 e. The lowest BCUT2D eigenvalue weighted by atomic mass is 10.0. The predicted molar refractivity (Wildman–Crippen MR) is 133 cm³/mol. The van der Waals surface area contributed by atoms with Crippen LogP contribution in [0.15, 0.2) is 36.5 Å². The first kappa shape index (κ1) is 24.4. The Bertz CT molecular complexity index is 1070. The van der Waals surface area contributed by atoms with Crippen LogP contribution in [-0.2, 0) is 6.54 Å². The molecule has 1 atom stereocenters. The van der Waals surface area contributed by atoms with E-state index in [-0.39, 0.29) is 12.1 Å². The zero-order valence-electron chi connectivity index (χ0n) is 19.3. The highest BCUT2D eigenvalue weighted by Crippen LogP contribution is 2.32. The first-order valence-corrected chi connectivity index (χ1v) is 11.8. The summed E-state index contributed by atoms with van der Waals surface area (Å²) in [6.07, 6.45) is 1.25. The SMILES string of the molecule is CCNC(=O)NCc1ccccc1-c1cc(-c2cnc(NC(C)C)s2)nc(NC[C@H](C)O)n1. The molecule has 2 heterocycles. The summed E-state index contributed by atoms with van der Waals surface area (Å²) < 4.78 is 0. The Kier molecular flexibility index (Phi) is 8.56. The standard InChI is InChI=1S/C23H31N7O2S/c1-5-24-22(32)26-12-16-8-6-7-9-17(16)18-10-19(30-21(29-18)25-11-15(4)31)20-13-27-23(33-20)28-14(2)3/h6-10,13-15,31H,5,11-12H2,1-4H3,(H,27,28)(H2,24,26,32)(H,25,29,30)/t15-/m0/s1. The first-order valence-electron chi connectivity index (χ1n) is 11.0. The monoisotopic (exact) mass is 469 g/mol. The molecule has 3 aromatic rings. The van der Waals surface area contributed by atoms with E-state index in [0.29, 0.717) is 31.3 Å². The van der Waals surface area contributed by atoms with E-state index in [0.717, 1.165) is 26.8 Å².